The molecule has 2 aromatic rings. The van der Waals surface area contributed by atoms with Crippen molar-refractivity contribution < 1.29 is 5.11 Å². The van der Waals surface area contributed by atoms with E-state index in [0.29, 0.717) is 10.5 Å². The van der Waals surface area contributed by atoms with E-state index in [4.69, 9.17) is 11.6 Å². The number of hydrogen-bond donors (Lipinski definition) is 1. The summed E-state index contributed by atoms with van der Waals surface area (Å²) in [6, 6.07) is 5.21. The highest BCUT2D eigenvalue weighted by Gasteiger charge is 2.06. The predicted octanol–water partition coefficient (Wildman–Crippen LogP) is 3.63. The molecule has 0 unspecified atom stereocenters. The fourth-order valence-corrected chi connectivity index (χ4v) is 1.73. The summed E-state index contributed by atoms with van der Waals surface area (Å²) >= 11 is 5.83. The third kappa shape index (κ3) is 1.68. The number of pyridine rings is 1. The Bertz CT molecular complexity index is 549. The minimum absolute atomic E-state index is 0.208. The lowest BCUT2D eigenvalue weighted by molar-refractivity contribution is 0.481. The number of aromatic hydroxyl groups is 1. The highest BCUT2D eigenvalue weighted by atomic mass is 35.5. The maximum absolute atomic E-state index is 9.66. The lowest BCUT2D eigenvalue weighted by atomic mass is 10.0. The fourth-order valence-electron chi connectivity index (χ4n) is 1.57. The molecule has 0 saturated carbocycles. The third-order valence-electron chi connectivity index (χ3n) is 2.30. The van der Waals surface area contributed by atoms with E-state index in [1.165, 1.54) is 0 Å². The number of fused-ring (bicyclic) bond motifs is 1. The highest BCUT2D eigenvalue weighted by molar-refractivity contribution is 6.30. The summed E-state index contributed by atoms with van der Waals surface area (Å²) in [4.78, 5) is 3.94. The van der Waals surface area contributed by atoms with Crippen LogP contribution in [0.4, 0.5) is 0 Å². The molecule has 0 radical (unpaired) electrons. The van der Waals surface area contributed by atoms with Gasteiger partial charge in [0.25, 0.3) is 0 Å². The third-order valence-corrected chi connectivity index (χ3v) is 2.51. The Morgan fingerprint density at radius 1 is 1.40 bits per heavy atom. The average Bonchev–Trinajstić information content (AvgIpc) is 2.17. The van der Waals surface area contributed by atoms with E-state index < -0.39 is 0 Å². The van der Waals surface area contributed by atoms with Crippen LogP contribution in [0.3, 0.4) is 0 Å². The van der Waals surface area contributed by atoms with Gasteiger partial charge in [-0.2, -0.15) is 0 Å². The maximum atomic E-state index is 9.66. The average molecular weight is 220 g/mol. The van der Waals surface area contributed by atoms with Gasteiger partial charge in [-0.25, -0.2) is 4.98 Å². The maximum Gasteiger partial charge on any atom is 0.129 e. The van der Waals surface area contributed by atoms with E-state index in [1.54, 1.807) is 18.3 Å². The van der Waals surface area contributed by atoms with Crippen molar-refractivity contribution >= 4 is 27.9 Å². The largest absolute Gasteiger partial charge is 0.507 e. The molecule has 0 spiro atoms. The lowest BCUT2D eigenvalue weighted by Gasteiger charge is -2.07. The highest BCUT2D eigenvalue weighted by Crippen LogP contribution is 2.31. The standard InChI is InChI=1S/C12H10ClNO/c1-7(2)8-3-4-11(15)10-6-14-12(13)5-9(8)10/h3-6,15H,1H2,2H3. The van der Waals surface area contributed by atoms with Gasteiger partial charge in [-0.05, 0) is 30.0 Å². The number of nitrogens with zero attached hydrogens (tertiary/aromatic N) is 1. The van der Waals surface area contributed by atoms with Crippen LogP contribution in [0.15, 0.2) is 31.0 Å². The van der Waals surface area contributed by atoms with E-state index in [-0.39, 0.29) is 5.75 Å². The van der Waals surface area contributed by atoms with Gasteiger partial charge >= 0.3 is 0 Å². The quantitative estimate of drug-likeness (QED) is 0.743. The monoisotopic (exact) mass is 219 g/mol. The van der Waals surface area contributed by atoms with E-state index >= 15 is 0 Å². The number of phenolic OH excluding ortho intramolecular Hbond substituents is 1. The number of aromatic nitrogens is 1. The summed E-state index contributed by atoms with van der Waals surface area (Å²) in [7, 11) is 0. The molecule has 0 bridgehead atoms. The summed E-state index contributed by atoms with van der Waals surface area (Å²) in [6.07, 6.45) is 1.57. The molecule has 2 rings (SSSR count). The van der Waals surface area contributed by atoms with Crippen molar-refractivity contribution in [1.29, 1.82) is 0 Å². The van der Waals surface area contributed by atoms with Crippen LogP contribution in [-0.4, -0.2) is 10.1 Å². The molecule has 0 atom stereocenters. The molecule has 0 amide bonds. The predicted molar refractivity (Wildman–Crippen MR) is 63.1 cm³/mol. The van der Waals surface area contributed by atoms with Gasteiger partial charge in [0.1, 0.15) is 10.9 Å². The number of allylic oxidation sites excluding steroid dienone is 1. The molecule has 1 aromatic carbocycles. The molecule has 15 heavy (non-hydrogen) atoms. The summed E-state index contributed by atoms with van der Waals surface area (Å²) in [5.74, 6) is 0.208. The SMILES string of the molecule is C=C(C)c1ccc(O)c2cnc(Cl)cc12. The summed E-state index contributed by atoms with van der Waals surface area (Å²) in [5.41, 5.74) is 1.91. The zero-order valence-corrected chi connectivity index (χ0v) is 9.04. The van der Waals surface area contributed by atoms with Gasteiger partial charge in [0, 0.05) is 11.6 Å². The van der Waals surface area contributed by atoms with Crippen molar-refractivity contribution in [2.75, 3.05) is 0 Å². The number of halogens is 1. The van der Waals surface area contributed by atoms with Gasteiger partial charge < -0.3 is 5.11 Å². The Balaban J connectivity index is 2.90. The summed E-state index contributed by atoms with van der Waals surface area (Å²) < 4.78 is 0. The molecular formula is C12H10ClNO. The van der Waals surface area contributed by atoms with Crippen LogP contribution in [-0.2, 0) is 0 Å². The second-order valence-electron chi connectivity index (χ2n) is 3.47. The molecule has 0 fully saturated rings. The first kappa shape index (κ1) is 9.99. The second kappa shape index (κ2) is 3.55. The number of phenols is 1. The molecule has 1 N–H and O–H groups in total. The van der Waals surface area contributed by atoms with E-state index in [0.717, 1.165) is 16.5 Å². The Labute approximate surface area is 92.8 Å². The Morgan fingerprint density at radius 3 is 2.80 bits per heavy atom. The molecule has 0 aliphatic rings. The lowest BCUT2D eigenvalue weighted by Crippen LogP contribution is -1.85. The van der Waals surface area contributed by atoms with Gasteiger partial charge in [0.15, 0.2) is 0 Å². The number of hydrogen-bond acceptors (Lipinski definition) is 2. The first-order chi connectivity index (χ1) is 7.09. The van der Waals surface area contributed by atoms with Crippen LogP contribution in [0.1, 0.15) is 12.5 Å². The Morgan fingerprint density at radius 2 is 2.13 bits per heavy atom. The normalized spacial score (nSPS) is 10.5. The first-order valence-corrected chi connectivity index (χ1v) is 4.90. The molecular weight excluding hydrogens is 210 g/mol. The molecule has 0 saturated heterocycles. The van der Waals surface area contributed by atoms with Gasteiger partial charge in [0.2, 0.25) is 0 Å². The topological polar surface area (TPSA) is 33.1 Å². The molecule has 0 aliphatic heterocycles. The molecule has 0 aliphatic carbocycles. The molecule has 76 valence electrons. The van der Waals surface area contributed by atoms with E-state index in [2.05, 4.69) is 11.6 Å². The van der Waals surface area contributed by atoms with Gasteiger partial charge in [0.05, 0.1) is 0 Å². The van der Waals surface area contributed by atoms with Crippen LogP contribution in [0, 0.1) is 0 Å². The van der Waals surface area contributed by atoms with Crippen molar-refractivity contribution in [3.8, 4) is 5.75 Å². The Hall–Kier alpha value is -1.54. The minimum Gasteiger partial charge on any atom is -0.507 e. The van der Waals surface area contributed by atoms with E-state index in [9.17, 15) is 5.11 Å². The summed E-state index contributed by atoms with van der Waals surface area (Å²) in [5, 5.41) is 11.6. The molecule has 1 aromatic heterocycles. The van der Waals surface area contributed by atoms with Crippen LogP contribution >= 0.6 is 11.6 Å². The molecule has 2 nitrogen and oxygen atoms in total. The zero-order chi connectivity index (χ0) is 11.0. The van der Waals surface area contributed by atoms with Gasteiger partial charge in [-0.15, -0.1) is 0 Å². The van der Waals surface area contributed by atoms with Crippen LogP contribution < -0.4 is 0 Å². The van der Waals surface area contributed by atoms with E-state index in [1.807, 2.05) is 13.0 Å². The number of rotatable bonds is 1. The van der Waals surface area contributed by atoms with Crippen molar-refractivity contribution in [1.82, 2.24) is 4.98 Å². The van der Waals surface area contributed by atoms with Crippen molar-refractivity contribution in [3.63, 3.8) is 0 Å². The summed E-state index contributed by atoms with van der Waals surface area (Å²) in [6.45, 7) is 5.81. The van der Waals surface area contributed by atoms with Crippen molar-refractivity contribution in [3.05, 3.63) is 41.7 Å². The van der Waals surface area contributed by atoms with Crippen molar-refractivity contribution in [2.45, 2.75) is 6.92 Å². The second-order valence-corrected chi connectivity index (χ2v) is 3.85. The fraction of sp³-hybridized carbons (Fsp3) is 0.0833. The molecule has 1 heterocycles. The molecule has 3 heteroatoms. The smallest absolute Gasteiger partial charge is 0.129 e. The van der Waals surface area contributed by atoms with Crippen molar-refractivity contribution in [2.24, 2.45) is 0 Å². The van der Waals surface area contributed by atoms with Crippen LogP contribution in [0.2, 0.25) is 5.15 Å². The van der Waals surface area contributed by atoms with Crippen LogP contribution in [0.5, 0.6) is 5.75 Å². The van der Waals surface area contributed by atoms with Gasteiger partial charge in [-0.1, -0.05) is 29.8 Å². The Kier molecular flexibility index (Phi) is 2.37. The number of benzene rings is 1. The zero-order valence-electron chi connectivity index (χ0n) is 8.29. The van der Waals surface area contributed by atoms with Gasteiger partial charge in [-0.3, -0.25) is 0 Å². The van der Waals surface area contributed by atoms with Crippen LogP contribution in [0.25, 0.3) is 16.3 Å². The minimum atomic E-state index is 0.208. The first-order valence-electron chi connectivity index (χ1n) is 4.52.